The summed E-state index contributed by atoms with van der Waals surface area (Å²) in [5.74, 6) is 2.42. The van der Waals surface area contributed by atoms with E-state index in [1.165, 1.54) is 24.8 Å². The van der Waals surface area contributed by atoms with Crippen LogP contribution in [0.15, 0.2) is 24.3 Å². The molecule has 2 unspecified atom stereocenters. The van der Waals surface area contributed by atoms with Crippen molar-refractivity contribution in [2.24, 2.45) is 11.8 Å². The van der Waals surface area contributed by atoms with Crippen molar-refractivity contribution in [3.63, 3.8) is 0 Å². The van der Waals surface area contributed by atoms with E-state index in [-0.39, 0.29) is 5.91 Å². The maximum absolute atomic E-state index is 12.8. The summed E-state index contributed by atoms with van der Waals surface area (Å²) in [6.45, 7) is 7.65. The molecule has 3 rings (SSSR count). The number of para-hydroxylation sites is 1. The Morgan fingerprint density at radius 2 is 1.88 bits per heavy atom. The van der Waals surface area contributed by atoms with Crippen LogP contribution in [0.5, 0.6) is 5.75 Å². The van der Waals surface area contributed by atoms with Crippen molar-refractivity contribution in [1.82, 2.24) is 9.80 Å². The minimum absolute atomic E-state index is 0.287. The third-order valence-electron chi connectivity index (χ3n) is 5.19. The molecule has 2 fully saturated rings. The predicted octanol–water partition coefficient (Wildman–Crippen LogP) is 3.16. The zero-order valence-corrected chi connectivity index (χ0v) is 15.2. The Hall–Kier alpha value is -1.55. The van der Waals surface area contributed by atoms with Crippen LogP contribution in [0.1, 0.15) is 38.7 Å². The monoisotopic (exact) mass is 330 g/mol. The fraction of sp³-hybridized carbons (Fsp3) is 0.650. The number of carbonyl (C=O) groups is 1. The van der Waals surface area contributed by atoms with E-state index < -0.39 is 0 Å². The maximum atomic E-state index is 12.8. The third-order valence-corrected chi connectivity index (χ3v) is 5.19. The normalized spacial score (nSPS) is 24.2. The van der Waals surface area contributed by atoms with E-state index in [9.17, 15) is 4.79 Å². The molecule has 0 bridgehead atoms. The van der Waals surface area contributed by atoms with E-state index in [0.717, 1.165) is 25.4 Å². The molecule has 24 heavy (non-hydrogen) atoms. The Morgan fingerprint density at radius 1 is 1.21 bits per heavy atom. The molecule has 1 aromatic rings. The van der Waals surface area contributed by atoms with E-state index >= 15 is 0 Å². The van der Waals surface area contributed by atoms with Crippen LogP contribution in [0.25, 0.3) is 0 Å². The number of piperidine rings is 1. The van der Waals surface area contributed by atoms with Gasteiger partial charge in [-0.25, -0.2) is 0 Å². The summed E-state index contributed by atoms with van der Waals surface area (Å²) in [7, 11) is 1.71. The molecule has 0 N–H and O–H groups in total. The molecule has 1 aliphatic carbocycles. The van der Waals surface area contributed by atoms with Gasteiger partial charge in [0.05, 0.1) is 13.7 Å². The molecule has 1 aliphatic heterocycles. The van der Waals surface area contributed by atoms with Gasteiger partial charge < -0.3 is 9.64 Å². The zero-order chi connectivity index (χ0) is 17.1. The first kappa shape index (κ1) is 17.3. The Kier molecular flexibility index (Phi) is 5.44. The van der Waals surface area contributed by atoms with Crippen LogP contribution in [-0.2, 0) is 11.3 Å². The summed E-state index contributed by atoms with van der Waals surface area (Å²) in [6.07, 6.45) is 3.64. The van der Waals surface area contributed by atoms with Crippen LogP contribution >= 0.6 is 0 Å². The number of hydrogen-bond donors (Lipinski definition) is 0. The average Bonchev–Trinajstić information content (AvgIpc) is 3.38. The van der Waals surface area contributed by atoms with Crippen molar-refractivity contribution < 1.29 is 9.53 Å². The third kappa shape index (κ3) is 4.29. The van der Waals surface area contributed by atoms with Gasteiger partial charge in [0.15, 0.2) is 0 Å². The number of methoxy groups -OCH3 is 1. The quantitative estimate of drug-likeness (QED) is 0.803. The number of rotatable bonds is 6. The zero-order valence-electron chi connectivity index (χ0n) is 15.2. The van der Waals surface area contributed by atoms with Crippen molar-refractivity contribution in [1.29, 1.82) is 0 Å². The van der Waals surface area contributed by atoms with Gasteiger partial charge in [-0.2, -0.15) is 0 Å². The molecular weight excluding hydrogens is 300 g/mol. The van der Waals surface area contributed by atoms with Crippen LogP contribution in [-0.4, -0.2) is 48.5 Å². The lowest BCUT2D eigenvalue weighted by Crippen LogP contribution is -2.47. The summed E-state index contributed by atoms with van der Waals surface area (Å²) in [5.41, 5.74) is 1.17. The Bertz CT molecular complexity index is 561. The Morgan fingerprint density at radius 3 is 2.50 bits per heavy atom. The highest BCUT2D eigenvalue weighted by molar-refractivity contribution is 5.78. The van der Waals surface area contributed by atoms with E-state index in [0.29, 0.717) is 24.4 Å². The molecule has 0 aromatic heterocycles. The summed E-state index contributed by atoms with van der Waals surface area (Å²) >= 11 is 0. The lowest BCUT2D eigenvalue weighted by Gasteiger charge is -2.36. The molecule has 1 saturated heterocycles. The summed E-state index contributed by atoms with van der Waals surface area (Å²) in [5, 5.41) is 0. The number of amides is 1. The van der Waals surface area contributed by atoms with Crippen LogP contribution in [0.4, 0.5) is 0 Å². The molecule has 1 saturated carbocycles. The van der Waals surface area contributed by atoms with Crippen molar-refractivity contribution in [3.05, 3.63) is 29.8 Å². The number of benzene rings is 1. The number of likely N-dealkylation sites (tertiary alicyclic amines) is 1. The topological polar surface area (TPSA) is 32.8 Å². The van der Waals surface area contributed by atoms with Crippen LogP contribution in [0, 0.1) is 11.8 Å². The van der Waals surface area contributed by atoms with Crippen molar-refractivity contribution in [3.8, 4) is 5.75 Å². The van der Waals surface area contributed by atoms with Gasteiger partial charge in [0.1, 0.15) is 5.75 Å². The molecule has 4 nitrogen and oxygen atoms in total. The van der Waals surface area contributed by atoms with Gasteiger partial charge in [-0.05, 0) is 37.2 Å². The fourth-order valence-electron chi connectivity index (χ4n) is 3.95. The Balaban J connectivity index is 1.65. The molecule has 0 radical (unpaired) electrons. The second-order valence-electron chi connectivity index (χ2n) is 7.69. The van der Waals surface area contributed by atoms with Crippen molar-refractivity contribution in [2.75, 3.05) is 26.7 Å². The molecule has 1 heterocycles. The molecule has 4 heteroatoms. The first-order chi connectivity index (χ1) is 11.6. The highest BCUT2D eigenvalue weighted by atomic mass is 16.5. The van der Waals surface area contributed by atoms with Crippen LogP contribution in [0.3, 0.4) is 0 Å². The highest BCUT2D eigenvalue weighted by Crippen LogP contribution is 2.30. The summed E-state index contributed by atoms with van der Waals surface area (Å²) < 4.78 is 5.47. The van der Waals surface area contributed by atoms with E-state index in [4.69, 9.17) is 4.74 Å². The largest absolute Gasteiger partial charge is 0.496 e. The number of carbonyl (C=O) groups excluding carboxylic acids is 1. The summed E-state index contributed by atoms with van der Waals surface area (Å²) in [4.78, 5) is 17.2. The first-order valence-corrected chi connectivity index (χ1v) is 9.20. The molecule has 1 amide bonds. The maximum Gasteiger partial charge on any atom is 0.236 e. The second kappa shape index (κ2) is 7.56. The van der Waals surface area contributed by atoms with Gasteiger partial charge in [-0.15, -0.1) is 0 Å². The van der Waals surface area contributed by atoms with Gasteiger partial charge in [-0.3, -0.25) is 9.69 Å². The minimum atomic E-state index is 0.287. The van der Waals surface area contributed by atoms with Crippen molar-refractivity contribution in [2.45, 2.75) is 45.7 Å². The predicted molar refractivity (Wildman–Crippen MR) is 96.0 cm³/mol. The molecule has 2 atom stereocenters. The standard InChI is InChI=1S/C20H30N2O2/c1-15-10-16(2)12-22(11-15)20(23)14-21(18-8-9-18)13-17-6-4-5-7-19(17)24-3/h4-7,15-16,18H,8-14H2,1-3H3. The SMILES string of the molecule is COc1ccccc1CN(CC(=O)N1CC(C)CC(C)C1)C1CC1. The van der Waals surface area contributed by atoms with E-state index in [1.54, 1.807) is 7.11 Å². The van der Waals surface area contributed by atoms with Gasteiger partial charge >= 0.3 is 0 Å². The smallest absolute Gasteiger partial charge is 0.236 e. The molecule has 0 spiro atoms. The Labute approximate surface area is 145 Å². The van der Waals surface area contributed by atoms with E-state index in [1.807, 2.05) is 18.2 Å². The highest BCUT2D eigenvalue weighted by Gasteiger charge is 2.33. The van der Waals surface area contributed by atoms with Crippen molar-refractivity contribution >= 4 is 5.91 Å². The molecule has 132 valence electrons. The molecule has 1 aromatic carbocycles. The number of ether oxygens (including phenoxy) is 1. The van der Waals surface area contributed by atoms with Crippen LogP contribution < -0.4 is 4.74 Å². The van der Waals surface area contributed by atoms with Gasteiger partial charge in [0, 0.05) is 31.2 Å². The first-order valence-electron chi connectivity index (χ1n) is 9.20. The average molecular weight is 330 g/mol. The number of nitrogens with zero attached hydrogens (tertiary/aromatic N) is 2. The number of hydrogen-bond acceptors (Lipinski definition) is 3. The van der Waals surface area contributed by atoms with Gasteiger partial charge in [-0.1, -0.05) is 32.0 Å². The van der Waals surface area contributed by atoms with E-state index in [2.05, 4.69) is 29.7 Å². The molecule has 2 aliphatic rings. The lowest BCUT2D eigenvalue weighted by molar-refractivity contribution is -0.135. The van der Waals surface area contributed by atoms with Gasteiger partial charge in [0.2, 0.25) is 5.91 Å². The molecular formula is C20H30N2O2. The summed E-state index contributed by atoms with van der Waals surface area (Å²) in [6, 6.07) is 8.68. The van der Waals surface area contributed by atoms with Crippen LogP contribution in [0.2, 0.25) is 0 Å². The lowest BCUT2D eigenvalue weighted by atomic mass is 9.92. The van der Waals surface area contributed by atoms with Gasteiger partial charge in [0.25, 0.3) is 0 Å². The second-order valence-corrected chi connectivity index (χ2v) is 7.69. The fourth-order valence-corrected chi connectivity index (χ4v) is 3.95. The minimum Gasteiger partial charge on any atom is -0.496 e.